The van der Waals surface area contributed by atoms with E-state index in [9.17, 15) is 0 Å². The van der Waals surface area contributed by atoms with Crippen LogP contribution < -0.4 is 5.32 Å². The van der Waals surface area contributed by atoms with Crippen molar-refractivity contribution in [3.8, 4) is 0 Å². The fraction of sp³-hybridized carbons (Fsp3) is 0.143. The van der Waals surface area contributed by atoms with E-state index in [-0.39, 0.29) is 0 Å². The van der Waals surface area contributed by atoms with E-state index in [1.165, 1.54) is 5.56 Å². The van der Waals surface area contributed by atoms with E-state index >= 15 is 0 Å². The van der Waals surface area contributed by atoms with Gasteiger partial charge in [0.25, 0.3) is 0 Å². The first kappa shape index (κ1) is 6.23. The maximum absolute atomic E-state index is 3.88. The Kier molecular flexibility index (Phi) is 2.22. The molecule has 0 aliphatic rings. The number of aromatic nitrogens is 1. The number of pyridine rings is 1. The first-order valence-electron chi connectivity index (χ1n) is 2.82. The molecule has 9 heavy (non-hydrogen) atoms. The maximum Gasteiger partial charge on any atom is 0.0271 e. The van der Waals surface area contributed by atoms with Crippen molar-refractivity contribution in [2.75, 3.05) is 0 Å². The standard InChI is InChI=1S/C7H9N2/c1-8-6-7-2-4-9-5-3-7/h2-5,8H,1,6H2. The van der Waals surface area contributed by atoms with Crippen molar-refractivity contribution in [2.45, 2.75) is 6.54 Å². The fourth-order valence-corrected chi connectivity index (χ4v) is 0.645. The molecule has 1 aromatic rings. The average Bonchev–Trinajstić information content (AvgIpc) is 1.91. The van der Waals surface area contributed by atoms with Crippen LogP contribution in [0.4, 0.5) is 0 Å². The topological polar surface area (TPSA) is 24.9 Å². The minimum absolute atomic E-state index is 0.808. The quantitative estimate of drug-likeness (QED) is 0.630. The fourth-order valence-electron chi connectivity index (χ4n) is 0.645. The largest absolute Gasteiger partial charge is 0.311 e. The van der Waals surface area contributed by atoms with Crippen molar-refractivity contribution in [2.24, 2.45) is 0 Å². The van der Waals surface area contributed by atoms with E-state index in [1.54, 1.807) is 12.4 Å². The van der Waals surface area contributed by atoms with Crippen LogP contribution in [0.1, 0.15) is 5.56 Å². The Hall–Kier alpha value is -0.890. The molecule has 0 saturated heterocycles. The molecule has 0 bridgehead atoms. The molecule has 0 atom stereocenters. The van der Waals surface area contributed by atoms with E-state index in [0.29, 0.717) is 0 Å². The lowest BCUT2D eigenvalue weighted by atomic mass is 10.3. The second-order valence-corrected chi connectivity index (χ2v) is 1.78. The molecule has 1 rings (SSSR count). The summed E-state index contributed by atoms with van der Waals surface area (Å²) in [5, 5.41) is 2.81. The van der Waals surface area contributed by atoms with Crippen LogP contribution in [0.2, 0.25) is 0 Å². The predicted molar refractivity (Wildman–Crippen MR) is 36.4 cm³/mol. The lowest BCUT2D eigenvalue weighted by molar-refractivity contribution is 0.863. The van der Waals surface area contributed by atoms with E-state index in [4.69, 9.17) is 0 Å². The lowest BCUT2D eigenvalue weighted by Gasteiger charge is -1.95. The summed E-state index contributed by atoms with van der Waals surface area (Å²) in [4.78, 5) is 3.88. The van der Waals surface area contributed by atoms with Gasteiger partial charge in [0.2, 0.25) is 0 Å². The molecule has 0 spiro atoms. The van der Waals surface area contributed by atoms with Gasteiger partial charge in [0.15, 0.2) is 0 Å². The van der Waals surface area contributed by atoms with Gasteiger partial charge in [0, 0.05) is 26.0 Å². The Morgan fingerprint density at radius 3 is 2.67 bits per heavy atom. The summed E-state index contributed by atoms with van der Waals surface area (Å²) in [7, 11) is 3.51. The normalized spacial score (nSPS) is 9.44. The van der Waals surface area contributed by atoms with E-state index in [1.807, 2.05) is 12.1 Å². The van der Waals surface area contributed by atoms with Gasteiger partial charge in [-0.1, -0.05) is 0 Å². The van der Waals surface area contributed by atoms with Crippen molar-refractivity contribution in [3.05, 3.63) is 37.1 Å². The Balaban J connectivity index is 2.61. The summed E-state index contributed by atoms with van der Waals surface area (Å²) in [6.07, 6.45) is 3.54. The molecule has 2 nitrogen and oxygen atoms in total. The Morgan fingerprint density at radius 1 is 1.44 bits per heavy atom. The van der Waals surface area contributed by atoms with Gasteiger partial charge in [-0.3, -0.25) is 4.98 Å². The third-order valence-corrected chi connectivity index (χ3v) is 1.08. The number of hydrogen-bond donors (Lipinski definition) is 1. The molecule has 1 heterocycles. The Bertz CT molecular complexity index is 160. The number of nitrogens with zero attached hydrogens (tertiary/aromatic N) is 1. The van der Waals surface area contributed by atoms with Gasteiger partial charge in [-0.15, -0.1) is 0 Å². The smallest absolute Gasteiger partial charge is 0.0271 e. The van der Waals surface area contributed by atoms with Gasteiger partial charge in [0.1, 0.15) is 0 Å². The third kappa shape index (κ3) is 1.82. The highest BCUT2D eigenvalue weighted by Gasteiger charge is 1.84. The first-order chi connectivity index (χ1) is 4.43. The van der Waals surface area contributed by atoms with Crippen molar-refractivity contribution in [1.82, 2.24) is 10.3 Å². The summed E-state index contributed by atoms with van der Waals surface area (Å²) in [5.41, 5.74) is 1.21. The van der Waals surface area contributed by atoms with Gasteiger partial charge in [-0.05, 0) is 17.7 Å². The Morgan fingerprint density at radius 2 is 2.11 bits per heavy atom. The van der Waals surface area contributed by atoms with Gasteiger partial charge in [0.05, 0.1) is 0 Å². The summed E-state index contributed by atoms with van der Waals surface area (Å²) in [6.45, 7) is 0.808. The molecule has 0 aliphatic carbocycles. The molecule has 0 aromatic carbocycles. The zero-order valence-corrected chi connectivity index (χ0v) is 5.17. The third-order valence-electron chi connectivity index (χ3n) is 1.08. The van der Waals surface area contributed by atoms with Crippen LogP contribution in [0.15, 0.2) is 24.5 Å². The summed E-state index contributed by atoms with van der Waals surface area (Å²) >= 11 is 0. The van der Waals surface area contributed by atoms with Gasteiger partial charge in [-0.25, -0.2) is 0 Å². The average molecular weight is 121 g/mol. The van der Waals surface area contributed by atoms with Crippen LogP contribution in [0.5, 0.6) is 0 Å². The number of nitrogens with one attached hydrogen (secondary N) is 1. The van der Waals surface area contributed by atoms with Crippen molar-refractivity contribution in [1.29, 1.82) is 0 Å². The van der Waals surface area contributed by atoms with Crippen LogP contribution in [0.25, 0.3) is 0 Å². The highest BCUT2D eigenvalue weighted by Crippen LogP contribution is 1.93. The number of rotatable bonds is 2. The first-order valence-corrected chi connectivity index (χ1v) is 2.82. The van der Waals surface area contributed by atoms with Crippen LogP contribution in [-0.4, -0.2) is 4.98 Å². The van der Waals surface area contributed by atoms with E-state index < -0.39 is 0 Å². The minimum atomic E-state index is 0.808. The molecule has 1 radical (unpaired) electrons. The molecule has 0 saturated carbocycles. The van der Waals surface area contributed by atoms with Gasteiger partial charge < -0.3 is 5.32 Å². The Labute approximate surface area is 54.9 Å². The highest BCUT2D eigenvalue weighted by molar-refractivity contribution is 5.08. The second kappa shape index (κ2) is 3.20. The highest BCUT2D eigenvalue weighted by atomic mass is 14.8. The molecule has 0 aliphatic heterocycles. The predicted octanol–water partition coefficient (Wildman–Crippen LogP) is 0.963. The molecule has 0 unspecified atom stereocenters. The molecular weight excluding hydrogens is 112 g/mol. The molecule has 1 aromatic heterocycles. The summed E-state index contributed by atoms with van der Waals surface area (Å²) in [6, 6.07) is 3.91. The van der Waals surface area contributed by atoms with Crippen LogP contribution in [0.3, 0.4) is 0 Å². The molecule has 0 fully saturated rings. The van der Waals surface area contributed by atoms with Crippen LogP contribution in [-0.2, 0) is 6.54 Å². The van der Waals surface area contributed by atoms with Crippen molar-refractivity contribution < 1.29 is 0 Å². The number of hydrogen-bond acceptors (Lipinski definition) is 2. The van der Waals surface area contributed by atoms with Gasteiger partial charge >= 0.3 is 0 Å². The van der Waals surface area contributed by atoms with Gasteiger partial charge in [-0.2, -0.15) is 0 Å². The summed E-state index contributed by atoms with van der Waals surface area (Å²) in [5.74, 6) is 0. The lowest BCUT2D eigenvalue weighted by Crippen LogP contribution is -2.01. The monoisotopic (exact) mass is 121 g/mol. The maximum atomic E-state index is 3.88. The SMILES string of the molecule is [CH2]NCc1ccncc1. The molecule has 1 N–H and O–H groups in total. The van der Waals surface area contributed by atoms with Crippen LogP contribution >= 0.6 is 0 Å². The zero-order chi connectivity index (χ0) is 6.53. The van der Waals surface area contributed by atoms with Crippen molar-refractivity contribution in [3.63, 3.8) is 0 Å². The molecule has 47 valence electrons. The zero-order valence-electron chi connectivity index (χ0n) is 5.17. The summed E-state index contributed by atoms with van der Waals surface area (Å²) < 4.78 is 0. The van der Waals surface area contributed by atoms with Crippen molar-refractivity contribution >= 4 is 0 Å². The molecular formula is C7H9N2. The van der Waals surface area contributed by atoms with Crippen LogP contribution in [0, 0.1) is 7.05 Å². The second-order valence-electron chi connectivity index (χ2n) is 1.78. The van der Waals surface area contributed by atoms with E-state index in [0.717, 1.165) is 6.54 Å². The van der Waals surface area contributed by atoms with E-state index in [2.05, 4.69) is 17.3 Å². The molecule has 0 amide bonds. The minimum Gasteiger partial charge on any atom is -0.311 e. The molecule has 2 heteroatoms.